The summed E-state index contributed by atoms with van der Waals surface area (Å²) in [6, 6.07) is 5.34. The van der Waals surface area contributed by atoms with Gasteiger partial charge in [0, 0.05) is 5.56 Å². The van der Waals surface area contributed by atoms with Gasteiger partial charge in [0.15, 0.2) is 0 Å². The molecule has 0 radical (unpaired) electrons. The summed E-state index contributed by atoms with van der Waals surface area (Å²) < 4.78 is 21.0. The topological polar surface area (TPSA) is 96.2 Å². The van der Waals surface area contributed by atoms with Gasteiger partial charge < -0.3 is 14.3 Å². The lowest BCUT2D eigenvalue weighted by atomic mass is 9.80. The molecule has 8 heteroatoms. The quantitative estimate of drug-likeness (QED) is 0.711. The van der Waals surface area contributed by atoms with Crippen LogP contribution in [0.15, 0.2) is 18.2 Å². The zero-order chi connectivity index (χ0) is 17.3. The fourth-order valence-electron chi connectivity index (χ4n) is 1.90. The van der Waals surface area contributed by atoms with Crippen LogP contribution in [0.1, 0.15) is 52.7 Å². The van der Waals surface area contributed by atoms with Gasteiger partial charge in [-0.05, 0) is 22.5 Å². The van der Waals surface area contributed by atoms with Crippen LogP contribution in [0.25, 0.3) is 0 Å². The van der Waals surface area contributed by atoms with Gasteiger partial charge in [0.05, 0.1) is 0 Å². The summed E-state index contributed by atoms with van der Waals surface area (Å²) in [5.74, 6) is 0.184. The van der Waals surface area contributed by atoms with E-state index in [1.807, 2.05) is 32.9 Å². The molecule has 0 aliphatic carbocycles. The third-order valence-electron chi connectivity index (χ3n) is 3.04. The highest BCUT2D eigenvalue weighted by molar-refractivity contribution is 7.58. The van der Waals surface area contributed by atoms with Crippen molar-refractivity contribution in [3.05, 3.63) is 29.3 Å². The predicted octanol–water partition coefficient (Wildman–Crippen LogP) is 3.99. The first kappa shape index (κ1) is 19.6. The second kappa shape index (κ2) is 6.56. The Hall–Kier alpha value is -0.480. The highest BCUT2D eigenvalue weighted by Gasteiger charge is 2.31. The summed E-state index contributed by atoms with van der Waals surface area (Å²) in [5, 5.41) is 0. The maximum Gasteiger partial charge on any atom is 0.534 e. The van der Waals surface area contributed by atoms with Crippen LogP contribution >= 0.6 is 16.4 Å². The molecular weight excluding hydrogens is 326 g/mol. The maximum absolute atomic E-state index is 11.8. The molecule has 0 aliphatic rings. The largest absolute Gasteiger partial charge is 0.534 e. The van der Waals surface area contributed by atoms with Gasteiger partial charge in [-0.3, -0.25) is 4.89 Å². The predicted molar refractivity (Wildman–Crippen MR) is 86.7 cm³/mol. The van der Waals surface area contributed by atoms with Crippen molar-refractivity contribution in [3.8, 4) is 5.75 Å². The van der Waals surface area contributed by atoms with Gasteiger partial charge in [-0.25, -0.2) is 8.88 Å². The minimum atomic E-state index is -4.59. The van der Waals surface area contributed by atoms with E-state index in [-0.39, 0.29) is 16.6 Å². The van der Waals surface area contributed by atoms with Crippen LogP contribution in [-0.4, -0.2) is 14.7 Å². The van der Waals surface area contributed by atoms with E-state index >= 15 is 0 Å². The summed E-state index contributed by atoms with van der Waals surface area (Å²) in [6.07, 6.45) is 0. The smallest absolute Gasteiger partial charge is 0.404 e. The van der Waals surface area contributed by atoms with Gasteiger partial charge in [-0.1, -0.05) is 53.7 Å². The maximum atomic E-state index is 11.8. The molecule has 1 unspecified atom stereocenters. The van der Waals surface area contributed by atoms with Crippen LogP contribution in [0.5, 0.6) is 5.75 Å². The molecule has 0 spiro atoms. The van der Waals surface area contributed by atoms with E-state index in [1.165, 1.54) is 0 Å². The Morgan fingerprint density at radius 3 is 2.00 bits per heavy atom. The molecule has 1 atom stereocenters. The Morgan fingerprint density at radius 1 is 1.05 bits per heavy atom. The number of benzene rings is 1. The molecule has 0 aliphatic heterocycles. The van der Waals surface area contributed by atoms with Crippen LogP contribution in [-0.2, 0) is 19.7 Å². The zero-order valence-electron chi connectivity index (χ0n) is 13.7. The van der Waals surface area contributed by atoms with Crippen LogP contribution in [0.4, 0.5) is 0 Å². The second-order valence-corrected chi connectivity index (χ2v) is 9.38. The number of phosphoric ester groups is 1. The van der Waals surface area contributed by atoms with Crippen LogP contribution < -0.4 is 4.52 Å². The molecule has 0 bridgehead atoms. The second-order valence-electron chi connectivity index (χ2n) is 7.11. The lowest BCUT2D eigenvalue weighted by Gasteiger charge is -2.27. The highest BCUT2D eigenvalue weighted by atomic mass is 31.3. The molecule has 126 valence electrons. The Labute approximate surface area is 132 Å². The molecule has 0 saturated carbocycles. The van der Waals surface area contributed by atoms with Crippen LogP contribution in [0.2, 0.25) is 0 Å². The summed E-state index contributed by atoms with van der Waals surface area (Å²) >= 11 is 0. The van der Waals surface area contributed by atoms with Crippen molar-refractivity contribution >= 4 is 16.4 Å². The molecule has 6 nitrogen and oxygen atoms in total. The van der Waals surface area contributed by atoms with Crippen molar-refractivity contribution in [2.75, 3.05) is 0 Å². The van der Waals surface area contributed by atoms with Crippen molar-refractivity contribution in [1.82, 2.24) is 0 Å². The molecule has 1 rings (SSSR count). The van der Waals surface area contributed by atoms with Crippen LogP contribution in [0.3, 0.4) is 0 Å². The zero-order valence-corrected chi connectivity index (χ0v) is 15.5. The fourth-order valence-corrected chi connectivity index (χ4v) is 3.17. The molecule has 3 N–H and O–H groups in total. The van der Waals surface area contributed by atoms with Gasteiger partial charge in [0.2, 0.25) is 0 Å². The van der Waals surface area contributed by atoms with Gasteiger partial charge in [0.25, 0.3) is 0 Å². The standard InChI is InChI=1S/C14H24O6P2/c1-13(2,3)10-7-8-12(11(9-10)14(4,5)6)19-22(17,18)20-21(15)16/h7-9,15-16H,1-6H3,(H,17,18). The van der Waals surface area contributed by atoms with Gasteiger partial charge in [-0.15, -0.1) is 0 Å². The molecule has 1 aromatic rings. The molecule has 0 saturated heterocycles. The van der Waals surface area contributed by atoms with E-state index in [2.05, 4.69) is 25.1 Å². The minimum absolute atomic E-state index is 0.0809. The van der Waals surface area contributed by atoms with Gasteiger partial charge >= 0.3 is 16.4 Å². The average Bonchev–Trinajstić information content (AvgIpc) is 2.23. The first-order chi connectivity index (χ1) is 9.72. The summed E-state index contributed by atoms with van der Waals surface area (Å²) in [6.45, 7) is 12.1. The molecule has 22 heavy (non-hydrogen) atoms. The Balaban J connectivity index is 3.28. The van der Waals surface area contributed by atoms with E-state index in [0.29, 0.717) is 0 Å². The molecule has 0 fully saturated rings. The van der Waals surface area contributed by atoms with E-state index in [9.17, 15) is 9.46 Å². The van der Waals surface area contributed by atoms with Crippen molar-refractivity contribution in [2.24, 2.45) is 0 Å². The van der Waals surface area contributed by atoms with Crippen molar-refractivity contribution in [3.63, 3.8) is 0 Å². The lowest BCUT2D eigenvalue weighted by Crippen LogP contribution is -2.17. The minimum Gasteiger partial charge on any atom is -0.404 e. The number of hydrogen-bond donors (Lipinski definition) is 3. The first-order valence-electron chi connectivity index (χ1n) is 6.77. The van der Waals surface area contributed by atoms with E-state index in [4.69, 9.17) is 14.3 Å². The van der Waals surface area contributed by atoms with Crippen LogP contribution in [0, 0.1) is 0 Å². The fraction of sp³-hybridized carbons (Fsp3) is 0.571. The van der Waals surface area contributed by atoms with Crippen molar-refractivity contribution in [1.29, 1.82) is 0 Å². The first-order valence-corrected chi connectivity index (χ1v) is 9.43. The summed E-state index contributed by atoms with van der Waals surface area (Å²) in [7, 11) is -7.58. The number of rotatable bonds is 4. The normalized spacial score (nSPS) is 15.7. The molecule has 1 aromatic carbocycles. The van der Waals surface area contributed by atoms with Gasteiger partial charge in [0.1, 0.15) is 5.75 Å². The summed E-state index contributed by atoms with van der Waals surface area (Å²) in [4.78, 5) is 27.0. The number of hydrogen-bond acceptors (Lipinski definition) is 5. The van der Waals surface area contributed by atoms with E-state index in [0.717, 1.165) is 11.1 Å². The molecule has 0 heterocycles. The van der Waals surface area contributed by atoms with Gasteiger partial charge in [-0.2, -0.15) is 0 Å². The Bertz CT molecular complexity index is 572. The molecular formula is C14H24O6P2. The third kappa shape index (κ3) is 5.62. The Kier molecular flexibility index (Phi) is 5.84. The average molecular weight is 350 g/mol. The van der Waals surface area contributed by atoms with E-state index < -0.39 is 16.4 Å². The monoisotopic (exact) mass is 350 g/mol. The van der Waals surface area contributed by atoms with Crippen molar-refractivity contribution in [2.45, 2.75) is 52.4 Å². The van der Waals surface area contributed by atoms with E-state index in [1.54, 1.807) is 6.07 Å². The lowest BCUT2D eigenvalue weighted by molar-refractivity contribution is 0.266. The third-order valence-corrected chi connectivity index (χ3v) is 4.88. The SMILES string of the molecule is CC(C)(C)c1ccc(OP(=O)(O)OP(O)O)c(C(C)(C)C)c1. The molecule has 0 aromatic heterocycles. The summed E-state index contributed by atoms with van der Waals surface area (Å²) in [5.41, 5.74) is 1.38. The van der Waals surface area contributed by atoms with Crippen molar-refractivity contribution < 1.29 is 28.1 Å². The number of phosphoric acid groups is 1. The molecule has 0 amide bonds. The Morgan fingerprint density at radius 2 is 1.59 bits per heavy atom. The highest BCUT2D eigenvalue weighted by Crippen LogP contribution is 2.54.